The van der Waals surface area contributed by atoms with E-state index in [9.17, 15) is 14.9 Å². The molecule has 3 aromatic rings. The van der Waals surface area contributed by atoms with E-state index in [4.69, 9.17) is 32.7 Å². The number of amides is 2. The molecule has 0 unspecified atom stereocenters. The molecule has 0 radical (unpaired) electrons. The number of rotatable bonds is 10. The molecule has 2 amide bonds. The molecule has 49 heavy (non-hydrogen) atoms. The van der Waals surface area contributed by atoms with E-state index >= 15 is 0 Å². The number of carbonyl (C=O) groups is 2. The summed E-state index contributed by atoms with van der Waals surface area (Å²) in [6, 6.07) is 18.3. The van der Waals surface area contributed by atoms with Crippen molar-refractivity contribution in [1.29, 1.82) is 5.26 Å². The summed E-state index contributed by atoms with van der Waals surface area (Å²) < 4.78 is 10.3. The molecule has 258 valence electrons. The number of aliphatic imine (C=N–C) groups is 1. The molecule has 2 aliphatic heterocycles. The van der Waals surface area contributed by atoms with E-state index in [2.05, 4.69) is 25.4 Å². The monoisotopic (exact) mass is 706 g/mol. The number of hydrogen-bond donors (Lipinski definition) is 2. The van der Waals surface area contributed by atoms with Gasteiger partial charge in [0.2, 0.25) is 11.9 Å². The van der Waals surface area contributed by atoms with E-state index in [1.54, 1.807) is 31.3 Å². The lowest BCUT2D eigenvalue weighted by atomic mass is 10.1. The number of halogens is 2. The number of benzene rings is 3. The molecular weight excluding hydrogens is 667 g/mol. The molecule has 5 rings (SSSR count). The lowest BCUT2D eigenvalue weighted by molar-refractivity contribution is -0.115. The van der Waals surface area contributed by atoms with Gasteiger partial charge in [0, 0.05) is 83.0 Å². The van der Waals surface area contributed by atoms with Crippen LogP contribution in [0, 0.1) is 11.5 Å². The number of ether oxygens (including phenoxy) is 2. The number of piperazine rings is 2. The Morgan fingerprint density at radius 1 is 0.878 bits per heavy atom. The lowest BCUT2D eigenvalue weighted by Crippen LogP contribution is -2.51. The van der Waals surface area contributed by atoms with Crippen LogP contribution in [-0.4, -0.2) is 112 Å². The highest BCUT2D eigenvalue weighted by molar-refractivity contribution is 6.39. The van der Waals surface area contributed by atoms with E-state index in [1.165, 1.54) is 0 Å². The summed E-state index contributed by atoms with van der Waals surface area (Å²) in [6.45, 7) is 6.73. The van der Waals surface area contributed by atoms with E-state index in [1.807, 2.05) is 59.6 Å². The fourth-order valence-electron chi connectivity index (χ4n) is 5.77. The second-order valence-corrected chi connectivity index (χ2v) is 12.5. The fourth-order valence-corrected chi connectivity index (χ4v) is 6.34. The summed E-state index contributed by atoms with van der Waals surface area (Å²) >= 11 is 13.3. The number of nitriles is 1. The standard InChI is InChI=1S/C35H40Cl2N8O4/c1-48-20-19-42-11-13-44(14-12-42)34(47)26-22-30(36)33(31(37)23-26)41-35(39-24-38)45-17-15-43(16-18-45)28-7-5-27(6-8-28)40-32(46)21-25-3-9-29(49-2)10-4-25/h3-10,22-23H,11-21H2,1-2H3,(H,39,41)(H,40,46). The van der Waals surface area contributed by atoms with Crippen LogP contribution in [0.3, 0.4) is 0 Å². The van der Waals surface area contributed by atoms with Crippen LogP contribution < -0.4 is 20.3 Å². The minimum Gasteiger partial charge on any atom is -0.497 e. The molecule has 2 N–H and O–H groups in total. The van der Waals surface area contributed by atoms with Gasteiger partial charge in [-0.2, -0.15) is 5.26 Å². The van der Waals surface area contributed by atoms with Gasteiger partial charge >= 0.3 is 0 Å². The Balaban J connectivity index is 1.17. The van der Waals surface area contributed by atoms with Crippen LogP contribution in [-0.2, 0) is 16.0 Å². The first-order chi connectivity index (χ1) is 23.8. The van der Waals surface area contributed by atoms with Crippen molar-refractivity contribution in [3.8, 4) is 11.9 Å². The van der Waals surface area contributed by atoms with Crippen molar-refractivity contribution >= 4 is 58.0 Å². The maximum absolute atomic E-state index is 13.2. The average molecular weight is 708 g/mol. The van der Waals surface area contributed by atoms with E-state index in [0.717, 1.165) is 42.3 Å². The lowest BCUT2D eigenvalue weighted by Gasteiger charge is -2.37. The van der Waals surface area contributed by atoms with E-state index in [0.29, 0.717) is 57.4 Å². The molecular formula is C35H40Cl2N8O4. The molecule has 0 saturated carbocycles. The number of hydrogen-bond acceptors (Lipinski definition) is 8. The van der Waals surface area contributed by atoms with Crippen LogP contribution in [0.2, 0.25) is 10.0 Å². The molecule has 0 spiro atoms. The second kappa shape index (κ2) is 17.2. The molecule has 14 heteroatoms. The third kappa shape index (κ3) is 9.55. The van der Waals surface area contributed by atoms with Gasteiger partial charge in [-0.05, 0) is 54.1 Å². The number of anilines is 2. The summed E-state index contributed by atoms with van der Waals surface area (Å²) in [5, 5.41) is 15.6. The van der Waals surface area contributed by atoms with Crippen LogP contribution in [0.1, 0.15) is 15.9 Å². The summed E-state index contributed by atoms with van der Waals surface area (Å²) in [5.74, 6) is 0.837. The van der Waals surface area contributed by atoms with Crippen molar-refractivity contribution in [3.63, 3.8) is 0 Å². The van der Waals surface area contributed by atoms with Gasteiger partial charge in [-0.25, -0.2) is 4.99 Å². The number of guanidine groups is 1. The number of nitrogens with zero attached hydrogens (tertiary/aromatic N) is 6. The van der Waals surface area contributed by atoms with Gasteiger partial charge in [0.05, 0.1) is 30.2 Å². The molecule has 2 heterocycles. The van der Waals surface area contributed by atoms with Crippen molar-refractivity contribution in [2.24, 2.45) is 4.99 Å². The van der Waals surface area contributed by atoms with E-state index < -0.39 is 0 Å². The average Bonchev–Trinajstić information content (AvgIpc) is 3.12. The van der Waals surface area contributed by atoms with Crippen LogP contribution in [0.5, 0.6) is 5.75 Å². The van der Waals surface area contributed by atoms with Gasteiger partial charge in [-0.15, -0.1) is 0 Å². The fraction of sp³-hybridized carbons (Fsp3) is 0.371. The summed E-state index contributed by atoms with van der Waals surface area (Å²) in [6.07, 6.45) is 2.23. The van der Waals surface area contributed by atoms with Crippen LogP contribution >= 0.6 is 23.2 Å². The Labute approximate surface area is 296 Å². The first-order valence-corrected chi connectivity index (χ1v) is 16.8. The normalized spacial score (nSPS) is 15.5. The van der Waals surface area contributed by atoms with Gasteiger partial charge in [0.1, 0.15) is 11.4 Å². The Kier molecular flexibility index (Phi) is 12.6. The van der Waals surface area contributed by atoms with Crippen molar-refractivity contribution in [3.05, 3.63) is 81.8 Å². The Morgan fingerprint density at radius 2 is 1.51 bits per heavy atom. The first kappa shape index (κ1) is 35.8. The zero-order chi connectivity index (χ0) is 34.8. The number of nitrogens with one attached hydrogen (secondary N) is 2. The summed E-state index contributed by atoms with van der Waals surface area (Å²) in [4.78, 5) is 38.7. The molecule has 12 nitrogen and oxygen atoms in total. The maximum atomic E-state index is 13.2. The minimum absolute atomic E-state index is 0.0998. The highest BCUT2D eigenvalue weighted by Gasteiger charge is 2.25. The molecule has 2 fully saturated rings. The van der Waals surface area contributed by atoms with Gasteiger partial charge in [-0.3, -0.25) is 19.8 Å². The van der Waals surface area contributed by atoms with Crippen LogP contribution in [0.25, 0.3) is 0 Å². The topological polar surface area (TPSA) is 126 Å². The highest BCUT2D eigenvalue weighted by atomic mass is 35.5. The van der Waals surface area contributed by atoms with Crippen molar-refractivity contribution in [2.75, 3.05) is 89.9 Å². The van der Waals surface area contributed by atoms with Gasteiger partial charge < -0.3 is 29.5 Å². The molecule has 2 saturated heterocycles. The molecule has 0 bridgehead atoms. The van der Waals surface area contributed by atoms with Crippen LogP contribution in [0.4, 0.5) is 17.1 Å². The zero-order valence-electron chi connectivity index (χ0n) is 27.6. The van der Waals surface area contributed by atoms with Crippen molar-refractivity contribution in [1.82, 2.24) is 20.0 Å². The molecule has 2 aliphatic rings. The van der Waals surface area contributed by atoms with Gasteiger partial charge in [0.25, 0.3) is 5.91 Å². The first-order valence-electron chi connectivity index (χ1n) is 16.0. The van der Waals surface area contributed by atoms with Crippen molar-refractivity contribution < 1.29 is 19.1 Å². The van der Waals surface area contributed by atoms with Crippen molar-refractivity contribution in [2.45, 2.75) is 6.42 Å². The Bertz CT molecular complexity index is 1640. The number of carbonyl (C=O) groups excluding carboxylic acids is 2. The molecule has 0 atom stereocenters. The SMILES string of the molecule is COCCN1CCN(C(=O)c2cc(Cl)c(N=C(NC#N)N3CCN(c4ccc(NC(=O)Cc5ccc(OC)cc5)cc4)CC3)c(Cl)c2)CC1. The van der Waals surface area contributed by atoms with Gasteiger partial charge in [0.15, 0.2) is 6.19 Å². The second-order valence-electron chi connectivity index (χ2n) is 11.7. The summed E-state index contributed by atoms with van der Waals surface area (Å²) in [5.41, 5.74) is 3.31. The smallest absolute Gasteiger partial charge is 0.254 e. The molecule has 0 aromatic heterocycles. The summed E-state index contributed by atoms with van der Waals surface area (Å²) in [7, 11) is 3.29. The molecule has 0 aliphatic carbocycles. The minimum atomic E-state index is -0.138. The Hall–Kier alpha value is -4.54. The van der Waals surface area contributed by atoms with Crippen LogP contribution in [0.15, 0.2) is 65.7 Å². The quantitative estimate of drug-likeness (QED) is 0.136. The van der Waals surface area contributed by atoms with Gasteiger partial charge in [-0.1, -0.05) is 35.3 Å². The van der Waals surface area contributed by atoms with E-state index in [-0.39, 0.29) is 34.0 Å². The maximum Gasteiger partial charge on any atom is 0.254 e. The molecule has 3 aromatic carbocycles. The third-order valence-corrected chi connectivity index (χ3v) is 9.12. The predicted octanol–water partition coefficient (Wildman–Crippen LogP) is 4.47. The highest BCUT2D eigenvalue weighted by Crippen LogP contribution is 2.35. The Morgan fingerprint density at radius 3 is 2.10 bits per heavy atom. The third-order valence-electron chi connectivity index (χ3n) is 8.54. The largest absolute Gasteiger partial charge is 0.497 e. The number of methoxy groups -OCH3 is 2. The zero-order valence-corrected chi connectivity index (χ0v) is 29.1. The predicted molar refractivity (Wildman–Crippen MR) is 192 cm³/mol.